The van der Waals surface area contributed by atoms with Gasteiger partial charge in [0, 0.05) is 23.5 Å². The minimum absolute atomic E-state index is 0.307. The molecule has 0 atom stereocenters. The van der Waals surface area contributed by atoms with Gasteiger partial charge in [-0.05, 0) is 125 Å². The van der Waals surface area contributed by atoms with Crippen molar-refractivity contribution in [3.63, 3.8) is 0 Å². The minimum atomic E-state index is 0.307. The van der Waals surface area contributed by atoms with Gasteiger partial charge in [-0.25, -0.2) is 0 Å². The summed E-state index contributed by atoms with van der Waals surface area (Å²) < 4.78 is 0. The van der Waals surface area contributed by atoms with Crippen LogP contribution in [0.2, 0.25) is 0 Å². The molecule has 1 saturated carbocycles. The average molecular weight is 689 g/mol. The van der Waals surface area contributed by atoms with Crippen LogP contribution in [-0.4, -0.2) is 9.97 Å². The lowest BCUT2D eigenvalue weighted by Crippen LogP contribution is -2.25. The second kappa shape index (κ2) is 15.2. The molecule has 53 heavy (non-hydrogen) atoms. The molecule has 0 bridgehead atoms. The summed E-state index contributed by atoms with van der Waals surface area (Å²) in [4.78, 5) is 9.30. The number of rotatable bonds is 9. The minimum Gasteiger partial charge on any atom is -0.256 e. The van der Waals surface area contributed by atoms with E-state index < -0.39 is 0 Å². The fourth-order valence-corrected chi connectivity index (χ4v) is 8.37. The Labute approximate surface area is 315 Å². The molecule has 1 fully saturated rings. The first-order valence-electron chi connectivity index (χ1n) is 19.3. The molecule has 0 amide bonds. The molecule has 0 radical (unpaired) electrons. The van der Waals surface area contributed by atoms with Crippen LogP contribution in [0, 0.1) is 13.8 Å². The fraction of sp³-hybridized carbons (Fsp3) is 0.216. The van der Waals surface area contributed by atoms with Gasteiger partial charge in [0.2, 0.25) is 0 Å². The molecule has 8 rings (SSSR count). The second-order valence-corrected chi connectivity index (χ2v) is 15.3. The largest absolute Gasteiger partial charge is 0.256 e. The number of pyridine rings is 2. The first-order valence-corrected chi connectivity index (χ1v) is 19.3. The Balaban J connectivity index is 1.00. The zero-order valence-electron chi connectivity index (χ0n) is 31.3. The Morgan fingerprint density at radius 1 is 0.472 bits per heavy atom. The number of hydrogen-bond donors (Lipinski definition) is 0. The average Bonchev–Trinajstić information content (AvgIpc) is 3.21. The third kappa shape index (κ3) is 7.64. The summed E-state index contributed by atoms with van der Waals surface area (Å²) in [6.07, 6.45) is 12.4. The lowest BCUT2D eigenvalue weighted by molar-refractivity contribution is 0.319. The van der Waals surface area contributed by atoms with Crippen LogP contribution in [0.3, 0.4) is 0 Å². The Kier molecular flexibility index (Phi) is 9.87. The number of hydrogen-bond acceptors (Lipinski definition) is 2. The molecule has 2 nitrogen and oxygen atoms in total. The topological polar surface area (TPSA) is 25.8 Å². The molecule has 2 heterocycles. The summed E-state index contributed by atoms with van der Waals surface area (Å²) >= 11 is 0. The second-order valence-electron chi connectivity index (χ2n) is 15.3. The summed E-state index contributed by atoms with van der Waals surface area (Å²) in [5, 5.41) is 0. The van der Waals surface area contributed by atoms with Crippen LogP contribution in [0.4, 0.5) is 0 Å². The standard InChI is InChI=1S/C51H48N2/c1-36-31-39(15-14-38-16-18-41(19-17-38)49-13-7-10-29-52-49)34-44(32-36)48-12-6-5-11-47(48)40-20-22-42(23-21-40)50-35-43(26-30-53-50)46-25-24-45(33-37(46)2)51(3)27-8-4-9-28-51/h5-7,10-13,16-26,29-35H,4,8-9,14-15,27-28H2,1-3H3. The Hall–Kier alpha value is -5.60. The van der Waals surface area contributed by atoms with Crippen molar-refractivity contribution in [3.05, 3.63) is 180 Å². The summed E-state index contributed by atoms with van der Waals surface area (Å²) in [7, 11) is 0. The van der Waals surface area contributed by atoms with Gasteiger partial charge in [-0.1, -0.05) is 147 Å². The van der Waals surface area contributed by atoms with Crippen molar-refractivity contribution >= 4 is 0 Å². The summed E-state index contributed by atoms with van der Waals surface area (Å²) in [6.45, 7) is 6.93. The van der Waals surface area contributed by atoms with Gasteiger partial charge in [-0.3, -0.25) is 9.97 Å². The Morgan fingerprint density at radius 2 is 1.13 bits per heavy atom. The molecule has 262 valence electrons. The van der Waals surface area contributed by atoms with Crippen molar-refractivity contribution in [3.8, 4) is 55.9 Å². The zero-order chi connectivity index (χ0) is 36.2. The smallest absolute Gasteiger partial charge is 0.0708 e. The van der Waals surface area contributed by atoms with Crippen molar-refractivity contribution in [1.29, 1.82) is 0 Å². The summed E-state index contributed by atoms with van der Waals surface area (Å²) in [6, 6.07) is 51.2. The van der Waals surface area contributed by atoms with Crippen molar-refractivity contribution in [1.82, 2.24) is 9.97 Å². The quantitative estimate of drug-likeness (QED) is 0.151. The molecular formula is C51H48N2. The van der Waals surface area contributed by atoms with Gasteiger partial charge in [-0.15, -0.1) is 0 Å². The van der Waals surface area contributed by atoms with Gasteiger partial charge in [0.15, 0.2) is 0 Å². The van der Waals surface area contributed by atoms with E-state index in [2.05, 4.69) is 153 Å². The lowest BCUT2D eigenvalue weighted by Gasteiger charge is -2.34. The maximum atomic E-state index is 4.81. The van der Waals surface area contributed by atoms with E-state index in [1.807, 2.05) is 24.5 Å². The third-order valence-corrected chi connectivity index (χ3v) is 11.4. The number of nitrogens with zero attached hydrogens (tertiary/aromatic N) is 2. The first kappa shape index (κ1) is 34.5. The van der Waals surface area contributed by atoms with Gasteiger partial charge in [0.25, 0.3) is 0 Å². The molecule has 7 aromatic rings. The van der Waals surface area contributed by atoms with Crippen molar-refractivity contribution in [2.75, 3.05) is 0 Å². The highest BCUT2D eigenvalue weighted by atomic mass is 14.7. The molecule has 0 N–H and O–H groups in total. The molecule has 0 unspecified atom stereocenters. The highest BCUT2D eigenvalue weighted by molar-refractivity contribution is 5.85. The first-order chi connectivity index (χ1) is 25.9. The lowest BCUT2D eigenvalue weighted by atomic mass is 9.70. The Morgan fingerprint density at radius 3 is 1.87 bits per heavy atom. The van der Waals surface area contributed by atoms with Crippen LogP contribution >= 0.6 is 0 Å². The van der Waals surface area contributed by atoms with Gasteiger partial charge in [-0.2, -0.15) is 0 Å². The van der Waals surface area contributed by atoms with Gasteiger partial charge in [0.1, 0.15) is 0 Å². The molecule has 1 aliphatic carbocycles. The molecule has 2 heteroatoms. The number of benzene rings is 5. The van der Waals surface area contributed by atoms with E-state index in [4.69, 9.17) is 4.98 Å². The maximum absolute atomic E-state index is 4.81. The van der Waals surface area contributed by atoms with Crippen LogP contribution in [0.1, 0.15) is 66.8 Å². The molecule has 2 aromatic heterocycles. The van der Waals surface area contributed by atoms with Crippen LogP contribution in [0.5, 0.6) is 0 Å². The monoisotopic (exact) mass is 688 g/mol. The van der Waals surface area contributed by atoms with Gasteiger partial charge >= 0.3 is 0 Å². The highest BCUT2D eigenvalue weighted by Gasteiger charge is 2.29. The van der Waals surface area contributed by atoms with Gasteiger partial charge < -0.3 is 0 Å². The highest BCUT2D eigenvalue weighted by Crippen LogP contribution is 2.41. The van der Waals surface area contributed by atoms with Crippen molar-refractivity contribution < 1.29 is 0 Å². The van der Waals surface area contributed by atoms with E-state index in [0.717, 1.165) is 35.4 Å². The van der Waals surface area contributed by atoms with E-state index in [1.165, 1.54) is 93.3 Å². The predicted octanol–water partition coefficient (Wildman–Crippen LogP) is 13.4. The van der Waals surface area contributed by atoms with E-state index in [9.17, 15) is 0 Å². The van der Waals surface area contributed by atoms with E-state index in [0.29, 0.717) is 5.41 Å². The van der Waals surface area contributed by atoms with Crippen molar-refractivity contribution in [2.45, 2.75) is 71.1 Å². The molecule has 5 aromatic carbocycles. The van der Waals surface area contributed by atoms with E-state index in [1.54, 1.807) is 0 Å². The SMILES string of the molecule is Cc1cc(CCc2ccc(-c3ccccn3)cc2)cc(-c2ccccc2-c2ccc(-c3cc(-c4ccc(C5(C)CCCCC5)cc4C)ccn3)cc2)c1. The normalized spacial score (nSPS) is 13.9. The fourth-order valence-electron chi connectivity index (χ4n) is 8.37. The zero-order valence-corrected chi connectivity index (χ0v) is 31.3. The summed E-state index contributed by atoms with van der Waals surface area (Å²) in [5.41, 5.74) is 18.9. The Bertz CT molecular complexity index is 2330. The van der Waals surface area contributed by atoms with Crippen LogP contribution < -0.4 is 0 Å². The van der Waals surface area contributed by atoms with Crippen LogP contribution in [-0.2, 0) is 18.3 Å². The predicted molar refractivity (Wildman–Crippen MR) is 223 cm³/mol. The summed E-state index contributed by atoms with van der Waals surface area (Å²) in [5.74, 6) is 0. The van der Waals surface area contributed by atoms with Crippen molar-refractivity contribution in [2.24, 2.45) is 0 Å². The number of aromatic nitrogens is 2. The van der Waals surface area contributed by atoms with E-state index >= 15 is 0 Å². The van der Waals surface area contributed by atoms with Gasteiger partial charge in [0.05, 0.1) is 11.4 Å². The molecule has 0 spiro atoms. The molecule has 0 saturated heterocycles. The number of aryl methyl sites for hydroxylation is 4. The van der Waals surface area contributed by atoms with Crippen LogP contribution in [0.25, 0.3) is 55.9 Å². The third-order valence-electron chi connectivity index (χ3n) is 11.4. The van der Waals surface area contributed by atoms with E-state index in [-0.39, 0.29) is 0 Å². The molecular weight excluding hydrogens is 641 g/mol. The van der Waals surface area contributed by atoms with Crippen LogP contribution in [0.15, 0.2) is 152 Å². The molecule has 0 aliphatic heterocycles. The maximum Gasteiger partial charge on any atom is 0.0708 e. The molecule has 1 aliphatic rings.